The van der Waals surface area contributed by atoms with Crippen LogP contribution in [0.3, 0.4) is 0 Å². The van der Waals surface area contributed by atoms with Gasteiger partial charge in [0.05, 0.1) is 18.1 Å². The van der Waals surface area contributed by atoms with Crippen molar-refractivity contribution in [3.63, 3.8) is 0 Å². The highest BCUT2D eigenvalue weighted by molar-refractivity contribution is 9.10. The van der Waals surface area contributed by atoms with Crippen molar-refractivity contribution in [3.05, 3.63) is 33.3 Å². The highest BCUT2D eigenvalue weighted by Crippen LogP contribution is 2.25. The second-order valence-electron chi connectivity index (χ2n) is 4.72. The van der Waals surface area contributed by atoms with Gasteiger partial charge in [-0.3, -0.25) is 9.59 Å². The quantitative estimate of drug-likeness (QED) is 0.761. The first-order valence-corrected chi connectivity index (χ1v) is 7.52. The molecular formula is C14H15BrClNO3. The third kappa shape index (κ3) is 3.33. The number of piperidine rings is 1. The number of halogens is 2. The molecule has 0 N–H and O–H groups in total. The van der Waals surface area contributed by atoms with E-state index in [1.54, 1.807) is 23.1 Å². The number of amides is 1. The van der Waals surface area contributed by atoms with Gasteiger partial charge in [-0.1, -0.05) is 11.6 Å². The summed E-state index contributed by atoms with van der Waals surface area (Å²) in [5.74, 6) is -0.343. The van der Waals surface area contributed by atoms with Gasteiger partial charge < -0.3 is 9.64 Å². The number of benzene rings is 1. The maximum absolute atomic E-state index is 12.3. The Labute approximate surface area is 131 Å². The van der Waals surface area contributed by atoms with Gasteiger partial charge in [0.1, 0.15) is 0 Å². The van der Waals surface area contributed by atoms with Gasteiger partial charge in [-0.2, -0.15) is 0 Å². The fraction of sp³-hybridized carbons (Fsp3) is 0.429. The number of ether oxygens (including phenoxy) is 1. The van der Waals surface area contributed by atoms with E-state index in [4.69, 9.17) is 16.3 Å². The lowest BCUT2D eigenvalue weighted by atomic mass is 9.96. The van der Waals surface area contributed by atoms with Gasteiger partial charge in [0.15, 0.2) is 0 Å². The molecule has 6 heteroatoms. The molecule has 1 heterocycles. The Balaban J connectivity index is 2.01. The summed E-state index contributed by atoms with van der Waals surface area (Å²) in [7, 11) is 1.39. The number of nitrogens with zero attached hydrogens (tertiary/aromatic N) is 1. The third-order valence-electron chi connectivity index (χ3n) is 3.48. The van der Waals surface area contributed by atoms with E-state index >= 15 is 0 Å². The van der Waals surface area contributed by atoms with Crippen LogP contribution in [-0.2, 0) is 9.53 Å². The minimum Gasteiger partial charge on any atom is -0.469 e. The minimum atomic E-state index is -0.191. The number of esters is 1. The number of carbonyl (C=O) groups excluding carboxylic acids is 2. The summed E-state index contributed by atoms with van der Waals surface area (Å²) in [4.78, 5) is 25.5. The summed E-state index contributed by atoms with van der Waals surface area (Å²) in [5, 5.41) is 0.514. The van der Waals surface area contributed by atoms with Crippen LogP contribution in [0.1, 0.15) is 23.2 Å². The van der Waals surface area contributed by atoms with Gasteiger partial charge in [0.25, 0.3) is 5.91 Å². The normalized spacial score (nSPS) is 16.1. The predicted molar refractivity (Wildman–Crippen MR) is 79.8 cm³/mol. The number of carbonyl (C=O) groups is 2. The Morgan fingerprint density at radius 3 is 2.55 bits per heavy atom. The summed E-state index contributed by atoms with van der Waals surface area (Å²) >= 11 is 9.30. The standard InChI is InChI=1S/C14H15BrClNO3/c1-20-14(19)9-4-6-17(7-5-9)13(18)10-2-3-11(15)12(16)8-10/h2-3,8-9H,4-7H2,1H3. The smallest absolute Gasteiger partial charge is 0.308 e. The molecule has 1 saturated heterocycles. The Bertz CT molecular complexity index is 527. The van der Waals surface area contributed by atoms with E-state index in [0.29, 0.717) is 36.5 Å². The fourth-order valence-corrected chi connectivity index (χ4v) is 2.72. The van der Waals surface area contributed by atoms with Crippen molar-refractivity contribution in [3.8, 4) is 0 Å². The molecule has 1 amide bonds. The third-order valence-corrected chi connectivity index (χ3v) is 4.72. The van der Waals surface area contributed by atoms with Crippen LogP contribution in [0.4, 0.5) is 0 Å². The largest absolute Gasteiger partial charge is 0.469 e. The molecule has 1 aromatic carbocycles. The molecule has 1 fully saturated rings. The molecule has 4 nitrogen and oxygen atoms in total. The summed E-state index contributed by atoms with van der Waals surface area (Å²) in [5.41, 5.74) is 0.565. The number of methoxy groups -OCH3 is 1. The minimum absolute atomic E-state index is 0.0530. The first-order chi connectivity index (χ1) is 9.52. The van der Waals surface area contributed by atoms with Crippen molar-refractivity contribution in [2.24, 2.45) is 5.92 Å². The Morgan fingerprint density at radius 2 is 2.00 bits per heavy atom. The van der Waals surface area contributed by atoms with Crippen molar-refractivity contribution in [2.45, 2.75) is 12.8 Å². The van der Waals surface area contributed by atoms with Crippen LogP contribution in [0.15, 0.2) is 22.7 Å². The van der Waals surface area contributed by atoms with Gasteiger partial charge in [-0.05, 0) is 47.0 Å². The Hall–Kier alpha value is -1.07. The van der Waals surface area contributed by atoms with Gasteiger partial charge in [-0.15, -0.1) is 0 Å². The molecule has 0 spiro atoms. The van der Waals surface area contributed by atoms with Crippen molar-refractivity contribution in [1.82, 2.24) is 4.90 Å². The maximum Gasteiger partial charge on any atom is 0.308 e. The van der Waals surface area contributed by atoms with E-state index in [9.17, 15) is 9.59 Å². The van der Waals surface area contributed by atoms with Gasteiger partial charge in [0.2, 0.25) is 0 Å². The molecule has 0 aliphatic carbocycles. The number of hydrogen-bond acceptors (Lipinski definition) is 3. The molecule has 1 aliphatic heterocycles. The molecular weight excluding hydrogens is 346 g/mol. The zero-order valence-electron chi connectivity index (χ0n) is 11.1. The predicted octanol–water partition coefficient (Wildman–Crippen LogP) is 3.13. The number of rotatable bonds is 2. The lowest BCUT2D eigenvalue weighted by Gasteiger charge is -2.30. The van der Waals surface area contributed by atoms with Gasteiger partial charge >= 0.3 is 5.97 Å². The van der Waals surface area contributed by atoms with E-state index in [-0.39, 0.29) is 17.8 Å². The molecule has 0 unspecified atom stereocenters. The summed E-state index contributed by atoms with van der Waals surface area (Å²) in [6, 6.07) is 5.15. The molecule has 0 bridgehead atoms. The van der Waals surface area contributed by atoms with E-state index in [0.717, 1.165) is 4.47 Å². The van der Waals surface area contributed by atoms with Crippen LogP contribution in [0.5, 0.6) is 0 Å². The lowest BCUT2D eigenvalue weighted by molar-refractivity contribution is -0.146. The monoisotopic (exact) mass is 359 g/mol. The molecule has 0 saturated carbocycles. The SMILES string of the molecule is COC(=O)C1CCN(C(=O)c2ccc(Br)c(Cl)c2)CC1. The topological polar surface area (TPSA) is 46.6 Å². The summed E-state index contributed by atoms with van der Waals surface area (Å²) < 4.78 is 5.50. The lowest BCUT2D eigenvalue weighted by Crippen LogP contribution is -2.40. The molecule has 1 aliphatic rings. The number of hydrogen-bond donors (Lipinski definition) is 0. The molecule has 108 valence electrons. The molecule has 0 aromatic heterocycles. The molecule has 20 heavy (non-hydrogen) atoms. The first-order valence-electron chi connectivity index (χ1n) is 6.35. The van der Waals surface area contributed by atoms with Crippen LogP contribution in [-0.4, -0.2) is 37.0 Å². The molecule has 0 radical (unpaired) electrons. The van der Waals surface area contributed by atoms with E-state index in [1.165, 1.54) is 7.11 Å². The molecule has 2 rings (SSSR count). The van der Waals surface area contributed by atoms with Crippen LogP contribution in [0, 0.1) is 5.92 Å². The van der Waals surface area contributed by atoms with Gasteiger partial charge in [0, 0.05) is 23.1 Å². The van der Waals surface area contributed by atoms with Crippen molar-refractivity contribution in [2.75, 3.05) is 20.2 Å². The maximum atomic E-state index is 12.3. The zero-order valence-corrected chi connectivity index (χ0v) is 13.4. The van der Waals surface area contributed by atoms with Crippen LogP contribution in [0.25, 0.3) is 0 Å². The first kappa shape index (κ1) is 15.3. The van der Waals surface area contributed by atoms with Crippen molar-refractivity contribution < 1.29 is 14.3 Å². The fourth-order valence-electron chi connectivity index (χ4n) is 2.30. The van der Waals surface area contributed by atoms with E-state index in [2.05, 4.69) is 15.9 Å². The zero-order chi connectivity index (χ0) is 14.7. The molecule has 1 aromatic rings. The Morgan fingerprint density at radius 1 is 1.35 bits per heavy atom. The number of likely N-dealkylation sites (tertiary alicyclic amines) is 1. The summed E-state index contributed by atoms with van der Waals surface area (Å²) in [6.07, 6.45) is 1.28. The highest BCUT2D eigenvalue weighted by atomic mass is 79.9. The molecule has 0 atom stereocenters. The van der Waals surface area contributed by atoms with Crippen LogP contribution in [0.2, 0.25) is 5.02 Å². The average Bonchev–Trinajstić information content (AvgIpc) is 2.48. The van der Waals surface area contributed by atoms with Crippen molar-refractivity contribution >= 4 is 39.4 Å². The van der Waals surface area contributed by atoms with Crippen LogP contribution >= 0.6 is 27.5 Å². The summed E-state index contributed by atoms with van der Waals surface area (Å²) in [6.45, 7) is 1.12. The second-order valence-corrected chi connectivity index (χ2v) is 5.98. The van der Waals surface area contributed by atoms with E-state index < -0.39 is 0 Å². The second kappa shape index (κ2) is 6.59. The van der Waals surface area contributed by atoms with E-state index in [1.807, 2.05) is 0 Å². The average molecular weight is 361 g/mol. The van der Waals surface area contributed by atoms with Crippen LogP contribution < -0.4 is 0 Å². The highest BCUT2D eigenvalue weighted by Gasteiger charge is 2.28. The Kier molecular flexibility index (Phi) is 5.05. The van der Waals surface area contributed by atoms with Gasteiger partial charge in [-0.25, -0.2) is 0 Å². The van der Waals surface area contributed by atoms with Crippen molar-refractivity contribution in [1.29, 1.82) is 0 Å².